The molecular weight excluding hydrogens is 474 g/mol. The van der Waals surface area contributed by atoms with Gasteiger partial charge in [0.15, 0.2) is 0 Å². The lowest BCUT2D eigenvalue weighted by atomic mass is 9.43. The van der Waals surface area contributed by atoms with E-state index in [1.807, 2.05) is 0 Å². The van der Waals surface area contributed by atoms with Crippen LogP contribution in [0.25, 0.3) is 0 Å². The molecule has 38 heavy (non-hydrogen) atoms. The summed E-state index contributed by atoms with van der Waals surface area (Å²) < 4.78 is 20.1. The first-order valence-electron chi connectivity index (χ1n) is 16.3. The normalized spacial score (nSPS) is 43.3. The summed E-state index contributed by atoms with van der Waals surface area (Å²) in [5.74, 6) is 4.03. The molecule has 0 aromatic heterocycles. The summed E-state index contributed by atoms with van der Waals surface area (Å²) in [4.78, 5) is 0. The second-order valence-corrected chi connectivity index (χ2v) is 13.9. The molecule has 0 aromatic carbocycles. The monoisotopic (exact) mass is 535 g/mol. The topological polar surface area (TPSA) is 106 Å². The van der Waals surface area contributed by atoms with E-state index in [0.717, 1.165) is 57.3 Å². The maximum atomic E-state index is 6.89. The first kappa shape index (κ1) is 30.7. The highest BCUT2D eigenvalue weighted by Gasteiger charge is 2.66. The van der Waals surface area contributed by atoms with Crippen LogP contribution in [0.4, 0.5) is 0 Å². The van der Waals surface area contributed by atoms with Gasteiger partial charge in [0.2, 0.25) is 0 Å². The average molecular weight is 536 g/mol. The molecule has 0 unspecified atom stereocenters. The van der Waals surface area contributed by atoms with Gasteiger partial charge in [-0.1, -0.05) is 34.1 Å². The van der Waals surface area contributed by atoms with E-state index < -0.39 is 0 Å². The molecule has 4 rings (SSSR count). The van der Waals surface area contributed by atoms with Crippen molar-refractivity contribution >= 4 is 0 Å². The third kappa shape index (κ3) is 5.87. The van der Waals surface area contributed by atoms with Crippen LogP contribution in [0.15, 0.2) is 0 Å². The molecule has 0 heterocycles. The van der Waals surface area contributed by atoms with Crippen LogP contribution in [-0.2, 0) is 14.2 Å². The van der Waals surface area contributed by atoms with Crippen LogP contribution in [-0.4, -0.2) is 57.8 Å². The van der Waals surface area contributed by atoms with Crippen LogP contribution in [0, 0.1) is 46.3 Å². The molecule has 0 aromatic rings. The first-order chi connectivity index (χ1) is 18.3. The van der Waals surface area contributed by atoms with Crippen LogP contribution >= 0.6 is 0 Å². The number of nitrogens with two attached hydrogens (primary N) is 3. The molecule has 4 fully saturated rings. The quantitative estimate of drug-likeness (QED) is 0.267. The molecule has 6 N–H and O–H groups in total. The highest BCUT2D eigenvalue weighted by atomic mass is 16.5. The van der Waals surface area contributed by atoms with Crippen molar-refractivity contribution in [1.82, 2.24) is 0 Å². The minimum absolute atomic E-state index is 0.215. The summed E-state index contributed by atoms with van der Waals surface area (Å²) in [5.41, 5.74) is 18.1. The van der Waals surface area contributed by atoms with Crippen molar-refractivity contribution in [3.63, 3.8) is 0 Å². The Morgan fingerprint density at radius 2 is 1.45 bits per heavy atom. The Morgan fingerprint density at radius 3 is 2.11 bits per heavy atom. The molecule has 0 saturated heterocycles. The highest BCUT2D eigenvalue weighted by molar-refractivity contribution is 5.15. The molecule has 4 aliphatic carbocycles. The lowest BCUT2D eigenvalue weighted by Gasteiger charge is -2.65. The van der Waals surface area contributed by atoms with Crippen molar-refractivity contribution in [1.29, 1.82) is 0 Å². The zero-order chi connectivity index (χ0) is 27.3. The van der Waals surface area contributed by atoms with Crippen LogP contribution in [0.3, 0.4) is 0 Å². The molecule has 11 atom stereocenters. The summed E-state index contributed by atoms with van der Waals surface area (Å²) in [6, 6.07) is 0. The summed E-state index contributed by atoms with van der Waals surface area (Å²) in [5, 5.41) is 0. The number of fused-ring (bicyclic) bond motifs is 5. The largest absolute Gasteiger partial charge is 0.378 e. The second kappa shape index (κ2) is 13.6. The van der Waals surface area contributed by atoms with Gasteiger partial charge in [-0.25, -0.2) is 0 Å². The van der Waals surface area contributed by atoms with Crippen molar-refractivity contribution in [2.24, 2.45) is 63.5 Å². The Kier molecular flexibility index (Phi) is 11.0. The summed E-state index contributed by atoms with van der Waals surface area (Å²) in [6.45, 7) is 14.6. The molecule has 6 heteroatoms. The van der Waals surface area contributed by atoms with Gasteiger partial charge in [-0.2, -0.15) is 0 Å². The number of hydrogen-bond donors (Lipinski definition) is 3. The van der Waals surface area contributed by atoms with Crippen molar-refractivity contribution in [2.75, 3.05) is 39.5 Å². The lowest BCUT2D eigenvalue weighted by Crippen LogP contribution is -2.63. The standard InChI is InChI=1S/C32H61N3O3/c1-5-22(2)25-9-10-26-30-27(21-29(32(25,26)4)38-18-8-15-35)31(3)12-11-24(36-16-6-13-33)19-23(31)20-28(30)37-17-7-14-34/h22-30H,5-21,33-35H2,1-4H3/t22-,23+,24-,25-,26+,27+,28-,29+,30+,31+,32-/m1/s1. The van der Waals surface area contributed by atoms with Gasteiger partial charge in [-0.15, -0.1) is 0 Å². The van der Waals surface area contributed by atoms with Gasteiger partial charge >= 0.3 is 0 Å². The van der Waals surface area contributed by atoms with E-state index in [-0.39, 0.29) is 5.41 Å². The molecule has 4 saturated carbocycles. The number of ether oxygens (including phenoxy) is 3. The average Bonchev–Trinajstić information content (AvgIpc) is 3.27. The van der Waals surface area contributed by atoms with E-state index in [2.05, 4.69) is 27.7 Å². The maximum Gasteiger partial charge on any atom is 0.0637 e. The van der Waals surface area contributed by atoms with E-state index in [9.17, 15) is 0 Å². The van der Waals surface area contributed by atoms with E-state index >= 15 is 0 Å². The van der Waals surface area contributed by atoms with Gasteiger partial charge in [0.05, 0.1) is 18.3 Å². The molecule has 0 bridgehead atoms. The van der Waals surface area contributed by atoms with Gasteiger partial charge in [-0.3, -0.25) is 0 Å². The Morgan fingerprint density at radius 1 is 0.789 bits per heavy atom. The number of rotatable bonds is 14. The molecule has 222 valence electrons. The Labute approximate surface area is 233 Å². The van der Waals surface area contributed by atoms with Crippen LogP contribution in [0.1, 0.15) is 98.3 Å². The summed E-state index contributed by atoms with van der Waals surface area (Å²) in [7, 11) is 0. The zero-order valence-corrected chi connectivity index (χ0v) is 25.2. The van der Waals surface area contributed by atoms with E-state index in [1.165, 1.54) is 44.9 Å². The fraction of sp³-hybridized carbons (Fsp3) is 1.00. The smallest absolute Gasteiger partial charge is 0.0637 e. The molecular formula is C32H61N3O3. The zero-order valence-electron chi connectivity index (χ0n) is 25.2. The SMILES string of the molecule is CC[C@@H](C)[C@H]1CC[C@H]2[C@@H]3[C@H](OCCCN)C[C@@H]4C[C@H](OCCCN)CC[C@]4(C)[C@H]3C[C@H](OCCCN)[C@]12C. The molecule has 0 amide bonds. The molecule has 0 radical (unpaired) electrons. The van der Waals surface area contributed by atoms with Crippen molar-refractivity contribution in [3.8, 4) is 0 Å². The van der Waals surface area contributed by atoms with Crippen LogP contribution in [0.5, 0.6) is 0 Å². The molecule has 4 aliphatic rings. The predicted octanol–water partition coefficient (Wildman–Crippen LogP) is 5.11. The van der Waals surface area contributed by atoms with Gasteiger partial charge in [-0.05, 0) is 125 Å². The van der Waals surface area contributed by atoms with Gasteiger partial charge in [0, 0.05) is 25.2 Å². The molecule has 6 nitrogen and oxygen atoms in total. The van der Waals surface area contributed by atoms with Crippen molar-refractivity contribution in [2.45, 2.75) is 117 Å². The van der Waals surface area contributed by atoms with E-state index in [1.54, 1.807) is 0 Å². The Balaban J connectivity index is 1.64. The van der Waals surface area contributed by atoms with E-state index in [4.69, 9.17) is 31.4 Å². The second-order valence-electron chi connectivity index (χ2n) is 13.9. The Hall–Kier alpha value is -0.240. The van der Waals surface area contributed by atoms with Crippen LogP contribution < -0.4 is 17.2 Å². The van der Waals surface area contributed by atoms with Crippen molar-refractivity contribution < 1.29 is 14.2 Å². The highest BCUT2D eigenvalue weighted by Crippen LogP contribution is 2.69. The van der Waals surface area contributed by atoms with Gasteiger partial charge in [0.25, 0.3) is 0 Å². The minimum atomic E-state index is 0.215. The summed E-state index contributed by atoms with van der Waals surface area (Å²) in [6.07, 6.45) is 13.7. The third-order valence-corrected chi connectivity index (χ3v) is 12.1. The Bertz CT molecular complexity index is 724. The number of hydrogen-bond acceptors (Lipinski definition) is 6. The first-order valence-corrected chi connectivity index (χ1v) is 16.3. The van der Waals surface area contributed by atoms with Crippen LogP contribution in [0.2, 0.25) is 0 Å². The third-order valence-electron chi connectivity index (χ3n) is 12.1. The van der Waals surface area contributed by atoms with E-state index in [0.29, 0.717) is 67.0 Å². The maximum absolute atomic E-state index is 6.89. The van der Waals surface area contributed by atoms with Gasteiger partial charge in [0.1, 0.15) is 0 Å². The fourth-order valence-corrected chi connectivity index (χ4v) is 9.88. The summed E-state index contributed by atoms with van der Waals surface area (Å²) >= 11 is 0. The minimum Gasteiger partial charge on any atom is -0.378 e. The predicted molar refractivity (Wildman–Crippen MR) is 156 cm³/mol. The molecule has 0 aliphatic heterocycles. The van der Waals surface area contributed by atoms with Gasteiger partial charge < -0.3 is 31.4 Å². The molecule has 0 spiro atoms. The fourth-order valence-electron chi connectivity index (χ4n) is 9.88. The lowest BCUT2D eigenvalue weighted by molar-refractivity contribution is -0.227. The van der Waals surface area contributed by atoms with Crippen molar-refractivity contribution in [3.05, 3.63) is 0 Å².